The number of methoxy groups -OCH3 is 1. The number of aromatic nitrogens is 3. The molecule has 0 aliphatic rings. The highest BCUT2D eigenvalue weighted by atomic mass is 19.1. The Morgan fingerprint density at radius 2 is 1.83 bits per heavy atom. The number of halogens is 1. The zero-order valence-corrected chi connectivity index (χ0v) is 16.4. The molecule has 0 saturated carbocycles. The van der Waals surface area contributed by atoms with Crippen LogP contribution >= 0.6 is 0 Å². The number of pyridine rings is 3. The summed E-state index contributed by atoms with van der Waals surface area (Å²) in [4.78, 5) is 24.8. The van der Waals surface area contributed by atoms with Gasteiger partial charge in [0.2, 0.25) is 0 Å². The van der Waals surface area contributed by atoms with Gasteiger partial charge >= 0.3 is 0 Å². The number of hydrogen-bond donors (Lipinski definition) is 1. The third-order valence-corrected chi connectivity index (χ3v) is 4.43. The van der Waals surface area contributed by atoms with E-state index in [1.54, 1.807) is 25.6 Å². The van der Waals surface area contributed by atoms with E-state index in [9.17, 15) is 9.18 Å². The normalized spacial score (nSPS) is 11.4. The molecule has 0 aromatic carbocycles. The summed E-state index contributed by atoms with van der Waals surface area (Å²) >= 11 is 0. The highest BCUT2D eigenvalue weighted by Crippen LogP contribution is 2.23. The van der Waals surface area contributed by atoms with Gasteiger partial charge in [0.05, 0.1) is 24.1 Å². The van der Waals surface area contributed by atoms with Crippen LogP contribution in [0.2, 0.25) is 0 Å². The van der Waals surface area contributed by atoms with Crippen molar-refractivity contribution in [1.29, 1.82) is 0 Å². The van der Waals surface area contributed by atoms with E-state index in [2.05, 4.69) is 20.3 Å². The molecule has 1 N–H and O–H groups in total. The van der Waals surface area contributed by atoms with E-state index in [1.165, 1.54) is 13.1 Å². The number of rotatable bonds is 6. The number of amides is 1. The van der Waals surface area contributed by atoms with E-state index in [1.807, 2.05) is 31.2 Å². The quantitative estimate of drug-likeness (QED) is 0.681. The average Bonchev–Trinajstić information content (AvgIpc) is 2.73. The molecule has 0 fully saturated rings. The zero-order valence-electron chi connectivity index (χ0n) is 16.4. The Kier molecular flexibility index (Phi) is 6.41. The first kappa shape index (κ1) is 20.3. The summed E-state index contributed by atoms with van der Waals surface area (Å²) in [5.41, 5.74) is 4.08. The molecule has 0 bridgehead atoms. The Morgan fingerprint density at radius 1 is 1.10 bits per heavy atom. The fourth-order valence-corrected chi connectivity index (χ4v) is 2.86. The zero-order chi connectivity index (χ0) is 20.8. The minimum absolute atomic E-state index is 0.173. The van der Waals surface area contributed by atoms with E-state index in [-0.39, 0.29) is 11.1 Å². The van der Waals surface area contributed by atoms with Crippen molar-refractivity contribution in [2.45, 2.75) is 20.5 Å². The molecule has 7 heteroatoms. The third-order valence-electron chi connectivity index (χ3n) is 4.43. The van der Waals surface area contributed by atoms with Crippen LogP contribution in [-0.2, 0) is 11.3 Å². The molecule has 3 aromatic rings. The van der Waals surface area contributed by atoms with Crippen molar-refractivity contribution in [3.8, 4) is 0 Å². The second-order valence-corrected chi connectivity index (χ2v) is 6.35. The maximum absolute atomic E-state index is 13.6. The number of anilines is 1. The Morgan fingerprint density at radius 3 is 2.41 bits per heavy atom. The van der Waals surface area contributed by atoms with E-state index < -0.39 is 11.7 Å². The minimum atomic E-state index is -0.524. The summed E-state index contributed by atoms with van der Waals surface area (Å²) in [5.74, 6) is -0.617. The monoisotopic (exact) mass is 392 g/mol. The maximum atomic E-state index is 13.6. The average molecular weight is 392 g/mol. The van der Waals surface area contributed by atoms with Crippen molar-refractivity contribution in [1.82, 2.24) is 15.0 Å². The van der Waals surface area contributed by atoms with Crippen molar-refractivity contribution in [2.24, 2.45) is 0 Å². The van der Waals surface area contributed by atoms with Gasteiger partial charge in [0.15, 0.2) is 0 Å². The fourth-order valence-electron chi connectivity index (χ4n) is 2.86. The van der Waals surface area contributed by atoms with E-state index >= 15 is 0 Å². The SMILES string of the molecule is C/C=C(/c1ccc(COC)nc1)c1ccc(NC(=O)c2cncc(F)c2C)nc1. The van der Waals surface area contributed by atoms with Crippen LogP contribution < -0.4 is 5.32 Å². The predicted octanol–water partition coefficient (Wildman–Crippen LogP) is 4.17. The molecule has 0 aliphatic carbocycles. The van der Waals surface area contributed by atoms with Crippen molar-refractivity contribution >= 4 is 17.3 Å². The Balaban J connectivity index is 1.76. The summed E-state index contributed by atoms with van der Waals surface area (Å²) in [5, 5.41) is 2.67. The highest BCUT2D eigenvalue weighted by Gasteiger charge is 2.14. The summed E-state index contributed by atoms with van der Waals surface area (Å²) in [7, 11) is 1.63. The Hall–Kier alpha value is -3.45. The molecule has 3 heterocycles. The van der Waals surface area contributed by atoms with E-state index in [4.69, 9.17) is 4.74 Å². The molecule has 0 atom stereocenters. The standard InChI is InChI=1S/C22H21FN4O2/c1-4-18(15-5-7-17(13-29-3)25-9-15)16-6-8-21(26-10-16)27-22(28)19-11-24-12-20(23)14(19)2/h4-12H,13H2,1-3H3,(H,26,27,28)/b18-4-. The predicted molar refractivity (Wildman–Crippen MR) is 109 cm³/mol. The van der Waals surface area contributed by atoms with Gasteiger partial charge in [0, 0.05) is 42.4 Å². The van der Waals surface area contributed by atoms with Gasteiger partial charge in [-0.1, -0.05) is 12.1 Å². The summed E-state index contributed by atoms with van der Waals surface area (Å²) in [6.07, 6.45) is 7.85. The van der Waals surface area contributed by atoms with Crippen LogP contribution in [-0.4, -0.2) is 28.0 Å². The number of ether oxygens (including phenoxy) is 1. The highest BCUT2D eigenvalue weighted by molar-refractivity contribution is 6.04. The van der Waals surface area contributed by atoms with Gasteiger partial charge in [0.1, 0.15) is 11.6 Å². The fraction of sp³-hybridized carbons (Fsp3) is 0.182. The van der Waals surface area contributed by atoms with Crippen molar-refractivity contribution in [3.05, 3.63) is 88.9 Å². The Labute approximate surface area is 168 Å². The lowest BCUT2D eigenvalue weighted by Crippen LogP contribution is -2.15. The van der Waals surface area contributed by atoms with Gasteiger partial charge in [-0.2, -0.15) is 0 Å². The van der Waals surface area contributed by atoms with E-state index in [0.29, 0.717) is 12.4 Å². The smallest absolute Gasteiger partial charge is 0.258 e. The summed E-state index contributed by atoms with van der Waals surface area (Å²) in [6, 6.07) is 7.45. The van der Waals surface area contributed by atoms with Gasteiger partial charge < -0.3 is 10.1 Å². The maximum Gasteiger partial charge on any atom is 0.258 e. The Bertz CT molecular complexity index is 1030. The molecule has 6 nitrogen and oxygen atoms in total. The second-order valence-electron chi connectivity index (χ2n) is 6.35. The summed E-state index contributed by atoms with van der Waals surface area (Å²) < 4.78 is 18.7. The minimum Gasteiger partial charge on any atom is -0.378 e. The molecule has 0 aliphatic heterocycles. The number of nitrogens with zero attached hydrogens (tertiary/aromatic N) is 3. The number of carbonyl (C=O) groups is 1. The molecular weight excluding hydrogens is 371 g/mol. The molecule has 0 radical (unpaired) electrons. The van der Waals surface area contributed by atoms with Crippen LogP contribution in [0.1, 0.15) is 39.7 Å². The third kappa shape index (κ3) is 4.70. The topological polar surface area (TPSA) is 77.0 Å². The lowest BCUT2D eigenvalue weighted by Gasteiger charge is -2.10. The van der Waals surface area contributed by atoms with Crippen LogP contribution in [0.3, 0.4) is 0 Å². The van der Waals surface area contributed by atoms with Crippen molar-refractivity contribution < 1.29 is 13.9 Å². The molecule has 148 valence electrons. The summed E-state index contributed by atoms with van der Waals surface area (Å²) in [6.45, 7) is 3.93. The molecular formula is C22H21FN4O2. The first-order valence-corrected chi connectivity index (χ1v) is 9.02. The number of hydrogen-bond acceptors (Lipinski definition) is 5. The second kappa shape index (κ2) is 9.16. The molecule has 0 spiro atoms. The van der Waals surface area contributed by atoms with Crippen molar-refractivity contribution in [2.75, 3.05) is 12.4 Å². The first-order valence-electron chi connectivity index (χ1n) is 9.02. The molecule has 29 heavy (non-hydrogen) atoms. The van der Waals surface area contributed by atoms with Gasteiger partial charge in [-0.15, -0.1) is 0 Å². The molecule has 3 rings (SSSR count). The first-order chi connectivity index (χ1) is 14.0. The van der Waals surface area contributed by atoms with Gasteiger partial charge in [-0.3, -0.25) is 14.8 Å². The largest absolute Gasteiger partial charge is 0.378 e. The molecule has 0 unspecified atom stereocenters. The molecule has 0 saturated heterocycles. The number of carbonyl (C=O) groups excluding carboxylic acids is 1. The molecule has 1 amide bonds. The van der Waals surface area contributed by atoms with Crippen LogP contribution in [0.15, 0.2) is 55.1 Å². The van der Waals surface area contributed by atoms with Gasteiger partial charge in [-0.25, -0.2) is 9.37 Å². The van der Waals surface area contributed by atoms with Gasteiger partial charge in [0.25, 0.3) is 5.91 Å². The van der Waals surface area contributed by atoms with Crippen molar-refractivity contribution in [3.63, 3.8) is 0 Å². The van der Waals surface area contributed by atoms with Crippen LogP contribution in [0.5, 0.6) is 0 Å². The molecule has 3 aromatic heterocycles. The number of allylic oxidation sites excluding steroid dienone is 1. The lowest BCUT2D eigenvalue weighted by atomic mass is 10.0. The number of nitrogens with one attached hydrogen (secondary N) is 1. The van der Waals surface area contributed by atoms with Crippen LogP contribution in [0, 0.1) is 12.7 Å². The lowest BCUT2D eigenvalue weighted by molar-refractivity contribution is 0.102. The van der Waals surface area contributed by atoms with E-state index in [0.717, 1.165) is 28.6 Å². The van der Waals surface area contributed by atoms with Crippen LogP contribution in [0.25, 0.3) is 5.57 Å². The van der Waals surface area contributed by atoms with Crippen LogP contribution in [0.4, 0.5) is 10.2 Å². The van der Waals surface area contributed by atoms with Gasteiger partial charge in [-0.05, 0) is 37.6 Å².